The Hall–Kier alpha value is -3.85. The number of nitrogens with one attached hydrogen (secondary N) is 2. The van der Waals surface area contributed by atoms with Crippen LogP contribution in [0.25, 0.3) is 11.0 Å². The quantitative estimate of drug-likeness (QED) is 0.485. The fraction of sp³-hybridized carbons (Fsp3) is 0.261. The Balaban J connectivity index is 1.21. The van der Waals surface area contributed by atoms with E-state index in [0.717, 1.165) is 29.9 Å². The minimum Gasteiger partial charge on any atom is -0.380 e. The van der Waals surface area contributed by atoms with Gasteiger partial charge in [0.25, 0.3) is 5.91 Å². The second-order valence-electron chi connectivity index (χ2n) is 7.92. The third-order valence-electron chi connectivity index (χ3n) is 5.60. The van der Waals surface area contributed by atoms with E-state index in [4.69, 9.17) is 4.74 Å². The summed E-state index contributed by atoms with van der Waals surface area (Å²) in [5, 5.41) is 6.17. The number of imidazole rings is 1. The Labute approximate surface area is 184 Å². The first-order chi connectivity index (χ1) is 15.6. The van der Waals surface area contributed by atoms with E-state index in [1.54, 1.807) is 31.0 Å². The van der Waals surface area contributed by atoms with Gasteiger partial charge in [-0.25, -0.2) is 15.0 Å². The summed E-state index contributed by atoms with van der Waals surface area (Å²) in [6.07, 6.45) is 6.61. The van der Waals surface area contributed by atoms with Crippen LogP contribution in [0.4, 0.5) is 11.5 Å². The number of rotatable bonds is 6. The number of fused-ring (bicyclic) bond motifs is 1. The molecule has 0 aliphatic carbocycles. The van der Waals surface area contributed by atoms with Crippen molar-refractivity contribution in [3.05, 3.63) is 72.2 Å². The van der Waals surface area contributed by atoms with Crippen molar-refractivity contribution >= 4 is 28.4 Å². The maximum Gasteiger partial charge on any atom is 0.270 e. The van der Waals surface area contributed by atoms with Gasteiger partial charge in [0.1, 0.15) is 17.0 Å². The number of aryl methyl sites for hydroxylation is 1. The second-order valence-corrected chi connectivity index (χ2v) is 7.92. The lowest BCUT2D eigenvalue weighted by Crippen LogP contribution is -2.28. The first-order valence-corrected chi connectivity index (χ1v) is 10.4. The van der Waals surface area contributed by atoms with Crippen molar-refractivity contribution in [3.63, 3.8) is 0 Å². The van der Waals surface area contributed by atoms with Gasteiger partial charge in [-0.1, -0.05) is 12.1 Å². The lowest BCUT2D eigenvalue weighted by molar-refractivity contribution is 0.00843. The molecule has 162 valence electrons. The monoisotopic (exact) mass is 429 g/mol. The molecule has 9 nitrogen and oxygen atoms in total. The van der Waals surface area contributed by atoms with Crippen molar-refractivity contribution < 1.29 is 9.53 Å². The zero-order chi connectivity index (χ0) is 22.1. The van der Waals surface area contributed by atoms with Crippen LogP contribution >= 0.6 is 0 Å². The standard InChI is InChI=1S/C23H23N7O2/c1-14(28-23(31)18-7-21-20(9-24-18)27-13-30(21)2)19-8-26-22(10-25-19)29-17-5-3-15(4-6-17)16-11-32-12-16/h3-10,13-14,16H,11-12H2,1-2H3,(H,26,29)(H,28,31). The van der Waals surface area contributed by atoms with E-state index < -0.39 is 0 Å². The predicted molar refractivity (Wildman–Crippen MR) is 120 cm³/mol. The minimum absolute atomic E-state index is 0.276. The molecule has 9 heteroatoms. The van der Waals surface area contributed by atoms with Crippen molar-refractivity contribution in [2.24, 2.45) is 7.05 Å². The number of pyridine rings is 1. The normalized spacial score (nSPS) is 14.7. The summed E-state index contributed by atoms with van der Waals surface area (Å²) in [7, 11) is 1.88. The molecule has 1 aliphatic rings. The summed E-state index contributed by atoms with van der Waals surface area (Å²) < 4.78 is 7.10. The van der Waals surface area contributed by atoms with Crippen LogP contribution in [0.15, 0.2) is 55.2 Å². The van der Waals surface area contributed by atoms with Crippen LogP contribution in [0.3, 0.4) is 0 Å². The van der Waals surface area contributed by atoms with Crippen molar-refractivity contribution in [3.8, 4) is 0 Å². The molecule has 1 amide bonds. The van der Waals surface area contributed by atoms with Crippen molar-refractivity contribution in [1.82, 2.24) is 29.8 Å². The van der Waals surface area contributed by atoms with E-state index in [0.29, 0.717) is 23.1 Å². The summed E-state index contributed by atoms with van der Waals surface area (Å²) in [5.41, 5.74) is 4.81. The number of carbonyl (C=O) groups is 1. The average molecular weight is 429 g/mol. The Morgan fingerprint density at radius 2 is 1.91 bits per heavy atom. The predicted octanol–water partition coefficient (Wildman–Crippen LogP) is 3.11. The van der Waals surface area contributed by atoms with Crippen molar-refractivity contribution in [2.45, 2.75) is 18.9 Å². The second kappa shape index (κ2) is 8.35. The van der Waals surface area contributed by atoms with Crippen LogP contribution < -0.4 is 10.6 Å². The van der Waals surface area contributed by atoms with Crippen LogP contribution in [-0.4, -0.2) is 43.6 Å². The topological polar surface area (TPSA) is 107 Å². The molecule has 3 aromatic heterocycles. The summed E-state index contributed by atoms with van der Waals surface area (Å²) in [5.74, 6) is 0.859. The number of nitrogens with zero attached hydrogens (tertiary/aromatic N) is 5. The molecule has 0 saturated carbocycles. The fourth-order valence-corrected chi connectivity index (χ4v) is 3.54. The number of carbonyl (C=O) groups excluding carboxylic acids is 1. The molecule has 2 N–H and O–H groups in total. The average Bonchev–Trinajstić information content (AvgIpc) is 3.14. The van der Waals surface area contributed by atoms with E-state index in [2.05, 4.69) is 42.7 Å². The van der Waals surface area contributed by atoms with Crippen LogP contribution in [0.2, 0.25) is 0 Å². The van der Waals surface area contributed by atoms with Gasteiger partial charge in [0, 0.05) is 18.7 Å². The van der Waals surface area contributed by atoms with Gasteiger partial charge in [0.15, 0.2) is 0 Å². The highest BCUT2D eigenvalue weighted by Crippen LogP contribution is 2.25. The number of hydrogen-bond acceptors (Lipinski definition) is 7. The highest BCUT2D eigenvalue weighted by Gasteiger charge is 2.20. The number of benzene rings is 1. The largest absolute Gasteiger partial charge is 0.380 e. The van der Waals surface area contributed by atoms with Crippen LogP contribution in [-0.2, 0) is 11.8 Å². The molecule has 4 heterocycles. The molecular formula is C23H23N7O2. The number of amides is 1. The maximum absolute atomic E-state index is 12.6. The summed E-state index contributed by atoms with van der Waals surface area (Å²) in [6, 6.07) is 9.66. The smallest absolute Gasteiger partial charge is 0.270 e. The van der Waals surface area contributed by atoms with Gasteiger partial charge in [-0.05, 0) is 30.7 Å². The van der Waals surface area contributed by atoms with Gasteiger partial charge in [-0.15, -0.1) is 0 Å². The molecule has 1 saturated heterocycles. The first kappa shape index (κ1) is 20.1. The molecule has 1 fully saturated rings. The van der Waals surface area contributed by atoms with Crippen LogP contribution in [0.5, 0.6) is 0 Å². The molecule has 0 bridgehead atoms. The van der Waals surface area contributed by atoms with Gasteiger partial charge in [0.2, 0.25) is 0 Å². The third kappa shape index (κ3) is 4.02. The summed E-state index contributed by atoms with van der Waals surface area (Å²) >= 11 is 0. The fourth-order valence-electron chi connectivity index (χ4n) is 3.54. The summed E-state index contributed by atoms with van der Waals surface area (Å²) in [6.45, 7) is 3.45. The van der Waals surface area contributed by atoms with E-state index in [1.807, 2.05) is 30.7 Å². The number of anilines is 2. The third-order valence-corrected chi connectivity index (χ3v) is 5.60. The zero-order valence-corrected chi connectivity index (χ0v) is 17.8. The van der Waals surface area contributed by atoms with Crippen molar-refractivity contribution in [2.75, 3.05) is 18.5 Å². The Kier molecular flexibility index (Phi) is 5.24. The molecule has 1 unspecified atom stereocenters. The van der Waals surface area contributed by atoms with Crippen molar-refractivity contribution in [1.29, 1.82) is 0 Å². The van der Waals surface area contributed by atoms with Gasteiger partial charge >= 0.3 is 0 Å². The molecule has 1 aliphatic heterocycles. The van der Waals surface area contributed by atoms with E-state index in [-0.39, 0.29) is 11.9 Å². The van der Waals surface area contributed by atoms with Gasteiger partial charge in [-0.2, -0.15) is 0 Å². The van der Waals surface area contributed by atoms with E-state index in [9.17, 15) is 4.79 Å². The van der Waals surface area contributed by atoms with E-state index >= 15 is 0 Å². The lowest BCUT2D eigenvalue weighted by atomic mass is 9.97. The maximum atomic E-state index is 12.6. The highest BCUT2D eigenvalue weighted by molar-refractivity contribution is 5.95. The molecule has 32 heavy (non-hydrogen) atoms. The zero-order valence-electron chi connectivity index (χ0n) is 17.8. The minimum atomic E-state index is -0.322. The molecule has 4 aromatic rings. The Bertz CT molecular complexity index is 1250. The number of ether oxygens (including phenoxy) is 1. The Morgan fingerprint density at radius 1 is 1.09 bits per heavy atom. The lowest BCUT2D eigenvalue weighted by Gasteiger charge is -2.26. The molecular weight excluding hydrogens is 406 g/mol. The highest BCUT2D eigenvalue weighted by atomic mass is 16.5. The van der Waals surface area contributed by atoms with Gasteiger partial charge in [-0.3, -0.25) is 9.78 Å². The molecule has 1 aromatic carbocycles. The molecule has 0 radical (unpaired) electrons. The summed E-state index contributed by atoms with van der Waals surface area (Å²) in [4.78, 5) is 30.0. The van der Waals surface area contributed by atoms with Crippen LogP contribution in [0, 0.1) is 0 Å². The molecule has 1 atom stereocenters. The molecule has 0 spiro atoms. The SMILES string of the molecule is CC(NC(=O)c1cc2c(cn1)ncn2C)c1cnc(Nc2ccc(C3COC3)cc2)cn1. The van der Waals surface area contributed by atoms with Gasteiger partial charge in [0.05, 0.1) is 55.4 Å². The molecule has 5 rings (SSSR count). The first-order valence-electron chi connectivity index (χ1n) is 10.4. The number of hydrogen-bond donors (Lipinski definition) is 2. The van der Waals surface area contributed by atoms with E-state index in [1.165, 1.54) is 5.56 Å². The Morgan fingerprint density at radius 3 is 2.59 bits per heavy atom. The van der Waals surface area contributed by atoms with Crippen LogP contribution in [0.1, 0.15) is 40.6 Å². The number of aromatic nitrogens is 5. The van der Waals surface area contributed by atoms with Gasteiger partial charge < -0.3 is 19.9 Å².